The fraction of sp³-hybridized carbons (Fsp3) is 1.00. The second kappa shape index (κ2) is 3.36. The number of hydrogen-bond donors (Lipinski definition) is 1. The van der Waals surface area contributed by atoms with Crippen LogP contribution in [0.5, 0.6) is 0 Å². The van der Waals surface area contributed by atoms with Gasteiger partial charge in [0, 0.05) is 6.04 Å². The summed E-state index contributed by atoms with van der Waals surface area (Å²) in [5.41, 5.74) is 0. The predicted molar refractivity (Wildman–Crippen MR) is 51.0 cm³/mol. The van der Waals surface area contributed by atoms with Crippen LogP contribution in [0.1, 0.15) is 38.5 Å². The molecule has 2 heterocycles. The van der Waals surface area contributed by atoms with Crippen molar-refractivity contribution in [2.75, 3.05) is 6.54 Å². The second-order valence-corrected chi connectivity index (χ2v) is 4.40. The molecule has 1 nitrogen and oxygen atoms in total. The second-order valence-electron chi connectivity index (χ2n) is 3.80. The fourth-order valence-corrected chi connectivity index (χ4v) is 2.86. The Morgan fingerprint density at radius 1 is 1.00 bits per heavy atom. The molecule has 0 N–H and O–H groups in total. The van der Waals surface area contributed by atoms with E-state index >= 15 is 0 Å². The van der Waals surface area contributed by atoms with Crippen LogP contribution in [-0.2, 0) is 0 Å². The van der Waals surface area contributed by atoms with E-state index in [4.69, 9.17) is 0 Å². The van der Waals surface area contributed by atoms with Gasteiger partial charge in [-0.25, -0.2) is 0 Å². The summed E-state index contributed by atoms with van der Waals surface area (Å²) in [7, 11) is 0. The molecule has 2 saturated heterocycles. The van der Waals surface area contributed by atoms with Crippen molar-refractivity contribution >= 4 is 12.6 Å². The molecule has 64 valence electrons. The zero-order chi connectivity index (χ0) is 7.68. The van der Waals surface area contributed by atoms with Crippen molar-refractivity contribution in [2.24, 2.45) is 0 Å². The SMILES string of the molecule is S[C@H]1CCC2CCCCCN21. The van der Waals surface area contributed by atoms with Crippen LogP contribution < -0.4 is 0 Å². The standard InChI is InChI=1S/C9H17NS/c11-9-6-5-8-4-2-1-3-7-10(8)9/h8-9,11H,1-7H2/t8?,9-/m0/s1. The lowest BCUT2D eigenvalue weighted by Gasteiger charge is -2.24. The van der Waals surface area contributed by atoms with Crippen molar-refractivity contribution in [3.63, 3.8) is 0 Å². The fourth-order valence-electron chi connectivity index (χ4n) is 2.41. The molecule has 2 heteroatoms. The average Bonchev–Trinajstić information content (AvgIpc) is 2.25. The van der Waals surface area contributed by atoms with Gasteiger partial charge in [-0.1, -0.05) is 12.8 Å². The van der Waals surface area contributed by atoms with Crippen LogP contribution in [0.2, 0.25) is 0 Å². The highest BCUT2D eigenvalue weighted by Gasteiger charge is 2.31. The summed E-state index contributed by atoms with van der Waals surface area (Å²) in [5, 5.41) is 0.582. The lowest BCUT2D eigenvalue weighted by atomic mass is 10.1. The van der Waals surface area contributed by atoms with Gasteiger partial charge in [0.05, 0.1) is 5.37 Å². The first-order valence-electron chi connectivity index (χ1n) is 4.82. The van der Waals surface area contributed by atoms with Gasteiger partial charge in [0.25, 0.3) is 0 Å². The van der Waals surface area contributed by atoms with Crippen molar-refractivity contribution in [3.8, 4) is 0 Å². The minimum atomic E-state index is 0.582. The molecule has 0 saturated carbocycles. The zero-order valence-corrected chi connectivity index (χ0v) is 7.89. The molecule has 0 aromatic rings. The molecular formula is C9H17NS. The third kappa shape index (κ3) is 1.57. The Kier molecular flexibility index (Phi) is 2.42. The first kappa shape index (κ1) is 7.93. The molecule has 2 aliphatic heterocycles. The minimum Gasteiger partial charge on any atom is -0.289 e. The number of nitrogens with zero attached hydrogens (tertiary/aromatic N) is 1. The smallest absolute Gasteiger partial charge is 0.0530 e. The van der Waals surface area contributed by atoms with Crippen LogP contribution in [-0.4, -0.2) is 22.9 Å². The van der Waals surface area contributed by atoms with Crippen LogP contribution in [0.3, 0.4) is 0 Å². The van der Waals surface area contributed by atoms with Crippen molar-refractivity contribution in [3.05, 3.63) is 0 Å². The Bertz CT molecular complexity index is 138. The number of hydrogen-bond acceptors (Lipinski definition) is 2. The Labute approximate surface area is 74.6 Å². The van der Waals surface area contributed by atoms with E-state index in [0.717, 1.165) is 6.04 Å². The summed E-state index contributed by atoms with van der Waals surface area (Å²) in [6.45, 7) is 1.30. The van der Waals surface area contributed by atoms with E-state index in [1.165, 1.54) is 45.1 Å². The summed E-state index contributed by atoms with van der Waals surface area (Å²) < 4.78 is 0. The molecule has 0 amide bonds. The monoisotopic (exact) mass is 171 g/mol. The van der Waals surface area contributed by atoms with Crippen LogP contribution in [0.4, 0.5) is 0 Å². The van der Waals surface area contributed by atoms with Crippen LogP contribution in [0.25, 0.3) is 0 Å². The molecule has 0 bridgehead atoms. The topological polar surface area (TPSA) is 3.24 Å². The first-order valence-corrected chi connectivity index (χ1v) is 5.33. The minimum absolute atomic E-state index is 0.582. The highest BCUT2D eigenvalue weighted by atomic mass is 32.1. The summed E-state index contributed by atoms with van der Waals surface area (Å²) in [6.07, 6.45) is 8.42. The molecule has 2 fully saturated rings. The van der Waals surface area contributed by atoms with Gasteiger partial charge >= 0.3 is 0 Å². The maximum Gasteiger partial charge on any atom is 0.0530 e. The Balaban J connectivity index is 2.00. The van der Waals surface area contributed by atoms with Crippen LogP contribution >= 0.6 is 12.6 Å². The Morgan fingerprint density at radius 2 is 1.91 bits per heavy atom. The van der Waals surface area contributed by atoms with Gasteiger partial charge in [-0.3, -0.25) is 4.90 Å². The third-order valence-corrected chi connectivity index (χ3v) is 3.62. The molecule has 1 unspecified atom stereocenters. The lowest BCUT2D eigenvalue weighted by molar-refractivity contribution is 0.245. The van der Waals surface area contributed by atoms with Gasteiger partial charge < -0.3 is 0 Å². The molecule has 0 aromatic carbocycles. The molecule has 2 rings (SSSR count). The molecule has 0 aliphatic carbocycles. The van der Waals surface area contributed by atoms with Gasteiger partial charge in [-0.2, -0.15) is 12.6 Å². The van der Waals surface area contributed by atoms with Gasteiger partial charge in [0.15, 0.2) is 0 Å². The molecule has 0 aromatic heterocycles. The number of thiol groups is 1. The van der Waals surface area contributed by atoms with Crippen molar-refractivity contribution in [1.29, 1.82) is 0 Å². The third-order valence-electron chi connectivity index (χ3n) is 3.06. The number of fused-ring (bicyclic) bond motifs is 1. The van der Waals surface area contributed by atoms with Gasteiger partial charge in [0.1, 0.15) is 0 Å². The van der Waals surface area contributed by atoms with E-state index in [1.54, 1.807) is 0 Å². The molecule has 2 aliphatic rings. The Hall–Kier alpha value is 0.310. The van der Waals surface area contributed by atoms with Crippen LogP contribution in [0.15, 0.2) is 0 Å². The molecule has 11 heavy (non-hydrogen) atoms. The van der Waals surface area contributed by atoms with Gasteiger partial charge in [0.2, 0.25) is 0 Å². The normalized spacial score (nSPS) is 40.1. The Morgan fingerprint density at radius 3 is 2.82 bits per heavy atom. The van der Waals surface area contributed by atoms with E-state index in [1.807, 2.05) is 0 Å². The van der Waals surface area contributed by atoms with E-state index in [-0.39, 0.29) is 0 Å². The van der Waals surface area contributed by atoms with E-state index in [2.05, 4.69) is 17.5 Å². The first-order chi connectivity index (χ1) is 5.38. The molecule has 2 atom stereocenters. The highest BCUT2D eigenvalue weighted by molar-refractivity contribution is 7.80. The zero-order valence-electron chi connectivity index (χ0n) is 7.00. The van der Waals surface area contributed by atoms with E-state index in [0.29, 0.717) is 5.37 Å². The maximum atomic E-state index is 4.59. The highest BCUT2D eigenvalue weighted by Crippen LogP contribution is 2.31. The van der Waals surface area contributed by atoms with Crippen molar-refractivity contribution < 1.29 is 0 Å². The lowest BCUT2D eigenvalue weighted by Crippen LogP contribution is -2.32. The maximum absolute atomic E-state index is 4.59. The van der Waals surface area contributed by atoms with Gasteiger partial charge in [-0.15, -0.1) is 0 Å². The summed E-state index contributed by atoms with van der Waals surface area (Å²) in [4.78, 5) is 2.61. The van der Waals surface area contributed by atoms with E-state index < -0.39 is 0 Å². The quantitative estimate of drug-likeness (QED) is 0.547. The molecular weight excluding hydrogens is 154 g/mol. The summed E-state index contributed by atoms with van der Waals surface area (Å²) in [6, 6.07) is 0.889. The largest absolute Gasteiger partial charge is 0.289 e. The predicted octanol–water partition coefficient (Wildman–Crippen LogP) is 2.28. The van der Waals surface area contributed by atoms with E-state index in [9.17, 15) is 0 Å². The van der Waals surface area contributed by atoms with Gasteiger partial charge in [-0.05, 0) is 32.2 Å². The summed E-state index contributed by atoms with van der Waals surface area (Å²) in [5.74, 6) is 0. The summed E-state index contributed by atoms with van der Waals surface area (Å²) >= 11 is 4.59. The number of rotatable bonds is 0. The average molecular weight is 171 g/mol. The van der Waals surface area contributed by atoms with Crippen molar-refractivity contribution in [2.45, 2.75) is 49.9 Å². The molecule has 0 radical (unpaired) electrons. The molecule has 0 spiro atoms. The van der Waals surface area contributed by atoms with Crippen LogP contribution in [0, 0.1) is 0 Å². The van der Waals surface area contributed by atoms with Crippen molar-refractivity contribution in [1.82, 2.24) is 4.90 Å².